The van der Waals surface area contributed by atoms with E-state index in [1.54, 1.807) is 24.3 Å². The van der Waals surface area contributed by atoms with E-state index in [9.17, 15) is 9.59 Å². The fraction of sp³-hybridized carbons (Fsp3) is 0.0952. The first-order chi connectivity index (χ1) is 13.6. The third kappa shape index (κ3) is 5.31. The molecule has 0 spiro atoms. The van der Waals surface area contributed by atoms with Gasteiger partial charge in [0.2, 0.25) is 0 Å². The summed E-state index contributed by atoms with van der Waals surface area (Å²) < 4.78 is 10.6. The molecule has 3 aromatic rings. The Morgan fingerprint density at radius 3 is 2.46 bits per heavy atom. The van der Waals surface area contributed by atoms with Crippen LogP contribution in [0.3, 0.4) is 0 Å². The zero-order valence-electron chi connectivity index (χ0n) is 14.9. The number of aliphatic carboxylic acids is 1. The quantitative estimate of drug-likeness (QED) is 0.464. The predicted octanol–water partition coefficient (Wildman–Crippen LogP) is 2.83. The van der Waals surface area contributed by atoms with Crippen molar-refractivity contribution in [2.75, 3.05) is 13.2 Å². The Hall–Kier alpha value is -3.87. The Kier molecular flexibility index (Phi) is 6.20. The standard InChI is InChI=1S/C21H18N2O5/c24-20(13-28-19-7-3-5-16-4-1-2-6-18(16)19)23-22-12-15-8-10-17(11-9-15)27-14-21(25)26/h1-12H,13-14H2,(H,23,24)(H,25,26). The zero-order valence-corrected chi connectivity index (χ0v) is 14.9. The van der Waals surface area contributed by atoms with Crippen LogP contribution in [0, 0.1) is 0 Å². The SMILES string of the molecule is O=C(O)COc1ccc(C=NNC(=O)COc2cccc3ccccc23)cc1. The molecule has 0 saturated heterocycles. The minimum absolute atomic E-state index is 0.159. The summed E-state index contributed by atoms with van der Waals surface area (Å²) in [6, 6.07) is 20.1. The van der Waals surface area contributed by atoms with E-state index in [1.165, 1.54) is 6.21 Å². The molecule has 0 fully saturated rings. The van der Waals surface area contributed by atoms with Gasteiger partial charge in [-0.1, -0.05) is 36.4 Å². The highest BCUT2D eigenvalue weighted by molar-refractivity contribution is 5.89. The predicted molar refractivity (Wildman–Crippen MR) is 105 cm³/mol. The van der Waals surface area contributed by atoms with Gasteiger partial charge in [0.25, 0.3) is 5.91 Å². The van der Waals surface area contributed by atoms with Gasteiger partial charge in [0.15, 0.2) is 13.2 Å². The molecule has 0 aromatic heterocycles. The molecule has 0 aliphatic heterocycles. The van der Waals surface area contributed by atoms with Crippen LogP contribution in [0.15, 0.2) is 71.8 Å². The lowest BCUT2D eigenvalue weighted by molar-refractivity contribution is -0.139. The third-order valence-corrected chi connectivity index (χ3v) is 3.75. The van der Waals surface area contributed by atoms with Gasteiger partial charge in [-0.2, -0.15) is 5.10 Å². The zero-order chi connectivity index (χ0) is 19.8. The van der Waals surface area contributed by atoms with Crippen LogP contribution in [0.4, 0.5) is 0 Å². The third-order valence-electron chi connectivity index (χ3n) is 3.75. The molecule has 3 aromatic carbocycles. The van der Waals surface area contributed by atoms with Gasteiger partial charge >= 0.3 is 5.97 Å². The normalized spacial score (nSPS) is 10.7. The highest BCUT2D eigenvalue weighted by Gasteiger charge is 2.05. The minimum atomic E-state index is -1.04. The number of amides is 1. The van der Waals surface area contributed by atoms with E-state index in [0.29, 0.717) is 11.5 Å². The van der Waals surface area contributed by atoms with Gasteiger partial charge in [0, 0.05) is 5.39 Å². The van der Waals surface area contributed by atoms with Crippen LogP contribution in [0.1, 0.15) is 5.56 Å². The highest BCUT2D eigenvalue weighted by Crippen LogP contribution is 2.24. The molecule has 7 heteroatoms. The van der Waals surface area contributed by atoms with Crippen LogP contribution in [-0.4, -0.2) is 36.4 Å². The summed E-state index contributed by atoms with van der Waals surface area (Å²) >= 11 is 0. The van der Waals surface area contributed by atoms with E-state index in [-0.39, 0.29) is 12.5 Å². The monoisotopic (exact) mass is 378 g/mol. The molecule has 28 heavy (non-hydrogen) atoms. The molecule has 0 atom stereocenters. The summed E-state index contributed by atoms with van der Waals surface area (Å²) in [6.07, 6.45) is 1.47. The second-order valence-electron chi connectivity index (χ2n) is 5.81. The van der Waals surface area contributed by atoms with E-state index in [1.807, 2.05) is 42.5 Å². The highest BCUT2D eigenvalue weighted by atomic mass is 16.5. The van der Waals surface area contributed by atoms with Gasteiger partial charge in [-0.25, -0.2) is 10.2 Å². The van der Waals surface area contributed by atoms with Gasteiger partial charge in [-0.3, -0.25) is 4.79 Å². The summed E-state index contributed by atoms with van der Waals surface area (Å²) in [5, 5.41) is 14.4. The van der Waals surface area contributed by atoms with Crippen molar-refractivity contribution >= 4 is 28.9 Å². The van der Waals surface area contributed by atoms with Crippen LogP contribution in [0.2, 0.25) is 0 Å². The van der Waals surface area contributed by atoms with E-state index < -0.39 is 12.6 Å². The van der Waals surface area contributed by atoms with E-state index in [2.05, 4.69) is 10.5 Å². The molecule has 7 nitrogen and oxygen atoms in total. The number of hydrazone groups is 1. The maximum atomic E-state index is 11.9. The lowest BCUT2D eigenvalue weighted by Gasteiger charge is -2.08. The molecule has 1 amide bonds. The summed E-state index contributed by atoms with van der Waals surface area (Å²) in [7, 11) is 0. The molecule has 2 N–H and O–H groups in total. The van der Waals surface area contributed by atoms with E-state index in [0.717, 1.165) is 16.3 Å². The second kappa shape index (κ2) is 9.18. The first kappa shape index (κ1) is 18.9. The molecule has 3 rings (SSSR count). The van der Waals surface area contributed by atoms with Crippen molar-refractivity contribution < 1.29 is 24.2 Å². The van der Waals surface area contributed by atoms with Crippen molar-refractivity contribution in [3.05, 3.63) is 72.3 Å². The maximum absolute atomic E-state index is 11.9. The Balaban J connectivity index is 1.49. The van der Waals surface area contributed by atoms with Crippen molar-refractivity contribution in [3.63, 3.8) is 0 Å². The van der Waals surface area contributed by atoms with Crippen LogP contribution in [0.25, 0.3) is 10.8 Å². The first-order valence-electron chi connectivity index (χ1n) is 8.49. The fourth-order valence-electron chi connectivity index (χ4n) is 2.47. The molecule has 0 unspecified atom stereocenters. The Bertz CT molecular complexity index is 994. The molecule has 0 aliphatic carbocycles. The van der Waals surface area contributed by atoms with E-state index in [4.69, 9.17) is 14.6 Å². The molecule has 0 saturated carbocycles. The number of carbonyl (C=O) groups is 2. The number of carboxylic acids is 1. The second-order valence-corrected chi connectivity index (χ2v) is 5.81. The van der Waals surface area contributed by atoms with Gasteiger partial charge in [0.1, 0.15) is 11.5 Å². The average Bonchev–Trinajstić information content (AvgIpc) is 2.71. The topological polar surface area (TPSA) is 97.2 Å². The van der Waals surface area contributed by atoms with Crippen LogP contribution < -0.4 is 14.9 Å². The van der Waals surface area contributed by atoms with Gasteiger partial charge in [-0.05, 0) is 41.3 Å². The van der Waals surface area contributed by atoms with E-state index >= 15 is 0 Å². The minimum Gasteiger partial charge on any atom is -0.483 e. The number of rotatable bonds is 8. The van der Waals surface area contributed by atoms with Crippen LogP contribution >= 0.6 is 0 Å². The molecule has 0 aliphatic rings. The number of nitrogens with one attached hydrogen (secondary N) is 1. The number of hydrogen-bond donors (Lipinski definition) is 2. The van der Waals surface area contributed by atoms with Crippen molar-refractivity contribution in [2.24, 2.45) is 5.10 Å². The van der Waals surface area contributed by atoms with Gasteiger partial charge in [-0.15, -0.1) is 0 Å². The average molecular weight is 378 g/mol. The fourth-order valence-corrected chi connectivity index (χ4v) is 2.47. The van der Waals surface area contributed by atoms with Crippen molar-refractivity contribution in [2.45, 2.75) is 0 Å². The maximum Gasteiger partial charge on any atom is 0.341 e. The molecular weight excluding hydrogens is 360 g/mol. The molecule has 142 valence electrons. The summed E-state index contributed by atoms with van der Waals surface area (Å²) in [6.45, 7) is -0.562. The number of fused-ring (bicyclic) bond motifs is 1. The van der Waals surface area contributed by atoms with Crippen molar-refractivity contribution in [1.29, 1.82) is 0 Å². The number of nitrogens with zero attached hydrogens (tertiary/aromatic N) is 1. The summed E-state index contributed by atoms with van der Waals surface area (Å²) in [5.41, 5.74) is 3.12. The van der Waals surface area contributed by atoms with Crippen LogP contribution in [0.5, 0.6) is 11.5 Å². The summed E-state index contributed by atoms with van der Waals surface area (Å²) in [5.74, 6) is -0.356. The molecule has 0 bridgehead atoms. The first-order valence-corrected chi connectivity index (χ1v) is 8.49. The number of benzene rings is 3. The smallest absolute Gasteiger partial charge is 0.341 e. The number of carbonyl (C=O) groups excluding carboxylic acids is 1. The Morgan fingerprint density at radius 2 is 1.68 bits per heavy atom. The lowest BCUT2D eigenvalue weighted by Crippen LogP contribution is -2.24. The van der Waals surface area contributed by atoms with Gasteiger partial charge < -0.3 is 14.6 Å². The van der Waals surface area contributed by atoms with Crippen molar-refractivity contribution in [3.8, 4) is 11.5 Å². The lowest BCUT2D eigenvalue weighted by atomic mass is 10.1. The Morgan fingerprint density at radius 1 is 0.929 bits per heavy atom. The van der Waals surface area contributed by atoms with Crippen LogP contribution in [-0.2, 0) is 9.59 Å². The molecule has 0 radical (unpaired) electrons. The van der Waals surface area contributed by atoms with Gasteiger partial charge in [0.05, 0.1) is 6.21 Å². The summed E-state index contributed by atoms with van der Waals surface area (Å²) in [4.78, 5) is 22.4. The number of carboxylic acid groups (broad SMARTS) is 1. The Labute approximate surface area is 161 Å². The van der Waals surface area contributed by atoms with Crippen molar-refractivity contribution in [1.82, 2.24) is 5.43 Å². The molecule has 0 heterocycles. The largest absolute Gasteiger partial charge is 0.483 e. The number of ether oxygens (including phenoxy) is 2. The number of hydrogen-bond acceptors (Lipinski definition) is 5. The molecular formula is C21H18N2O5.